The summed E-state index contributed by atoms with van der Waals surface area (Å²) < 4.78 is 11.3. The maximum absolute atomic E-state index is 12.4. The van der Waals surface area contributed by atoms with Gasteiger partial charge >= 0.3 is 6.03 Å². The zero-order chi connectivity index (χ0) is 15.0. The number of amides is 2. The molecule has 22 heavy (non-hydrogen) atoms. The lowest BCUT2D eigenvalue weighted by Crippen LogP contribution is -2.42. The third kappa shape index (κ3) is 2.64. The van der Waals surface area contributed by atoms with Crippen molar-refractivity contribution in [3.63, 3.8) is 0 Å². The molecule has 1 spiro atoms. The molecule has 0 aromatic carbocycles. The molecule has 2 amide bonds. The van der Waals surface area contributed by atoms with Gasteiger partial charge in [0.2, 0.25) is 0 Å². The van der Waals surface area contributed by atoms with Crippen molar-refractivity contribution in [3.05, 3.63) is 21.9 Å². The maximum atomic E-state index is 12.4. The number of urea groups is 1. The monoisotopic (exact) mass is 322 g/mol. The summed E-state index contributed by atoms with van der Waals surface area (Å²) in [7, 11) is 0. The molecule has 3 aliphatic heterocycles. The van der Waals surface area contributed by atoms with Gasteiger partial charge < -0.3 is 19.7 Å². The van der Waals surface area contributed by atoms with Crippen molar-refractivity contribution in [2.75, 3.05) is 39.5 Å². The van der Waals surface area contributed by atoms with E-state index in [4.69, 9.17) is 9.47 Å². The van der Waals surface area contributed by atoms with Crippen LogP contribution >= 0.6 is 11.3 Å². The number of nitrogens with zero attached hydrogens (tertiary/aromatic N) is 1. The summed E-state index contributed by atoms with van der Waals surface area (Å²) in [6, 6.07) is 2.16. The van der Waals surface area contributed by atoms with E-state index in [2.05, 4.69) is 16.8 Å². The molecule has 0 aliphatic carbocycles. The SMILES string of the molecule is O=C(NC[C@@H]1OCCc2sccc21)N1CC[C@]2(CCOC2)C1. The third-order valence-corrected chi connectivity index (χ3v) is 6.12. The molecule has 0 bridgehead atoms. The summed E-state index contributed by atoms with van der Waals surface area (Å²) in [6.07, 6.45) is 3.15. The van der Waals surface area contributed by atoms with Gasteiger partial charge in [-0.2, -0.15) is 0 Å². The molecular formula is C16H22N2O3S. The van der Waals surface area contributed by atoms with Crippen molar-refractivity contribution in [3.8, 4) is 0 Å². The highest BCUT2D eigenvalue weighted by molar-refractivity contribution is 7.10. The third-order valence-electron chi connectivity index (χ3n) is 5.12. The first-order valence-electron chi connectivity index (χ1n) is 8.04. The van der Waals surface area contributed by atoms with Gasteiger partial charge in [0, 0.05) is 43.0 Å². The van der Waals surface area contributed by atoms with E-state index in [0.717, 1.165) is 52.2 Å². The number of ether oxygens (including phenoxy) is 2. The highest BCUT2D eigenvalue weighted by Crippen LogP contribution is 2.38. The predicted molar refractivity (Wildman–Crippen MR) is 84.2 cm³/mol. The van der Waals surface area contributed by atoms with Crippen LogP contribution in [-0.2, 0) is 15.9 Å². The quantitative estimate of drug-likeness (QED) is 0.908. The maximum Gasteiger partial charge on any atom is 0.317 e. The molecule has 1 aromatic rings. The van der Waals surface area contributed by atoms with Gasteiger partial charge in [-0.05, 0) is 29.9 Å². The van der Waals surface area contributed by atoms with Crippen LogP contribution in [0.15, 0.2) is 11.4 Å². The summed E-state index contributed by atoms with van der Waals surface area (Å²) in [6.45, 7) is 4.62. The van der Waals surface area contributed by atoms with Crippen molar-refractivity contribution >= 4 is 17.4 Å². The van der Waals surface area contributed by atoms with Gasteiger partial charge in [0.05, 0.1) is 13.2 Å². The Morgan fingerprint density at radius 1 is 1.45 bits per heavy atom. The van der Waals surface area contributed by atoms with Crippen molar-refractivity contribution < 1.29 is 14.3 Å². The Morgan fingerprint density at radius 3 is 3.27 bits per heavy atom. The number of rotatable bonds is 2. The van der Waals surface area contributed by atoms with Crippen LogP contribution in [0.2, 0.25) is 0 Å². The van der Waals surface area contributed by atoms with Gasteiger partial charge in [-0.15, -0.1) is 11.3 Å². The van der Waals surface area contributed by atoms with Crippen LogP contribution in [0, 0.1) is 5.41 Å². The summed E-state index contributed by atoms with van der Waals surface area (Å²) >= 11 is 1.78. The predicted octanol–water partition coefficient (Wildman–Crippen LogP) is 2.18. The number of hydrogen-bond acceptors (Lipinski definition) is 4. The van der Waals surface area contributed by atoms with E-state index >= 15 is 0 Å². The number of hydrogen-bond donors (Lipinski definition) is 1. The minimum Gasteiger partial charge on any atom is -0.381 e. The minimum absolute atomic E-state index is 0.00493. The fourth-order valence-electron chi connectivity index (χ4n) is 3.76. The minimum atomic E-state index is 0.00493. The Morgan fingerprint density at radius 2 is 2.41 bits per heavy atom. The summed E-state index contributed by atoms with van der Waals surface area (Å²) in [5.74, 6) is 0. The smallest absolute Gasteiger partial charge is 0.317 e. The van der Waals surface area contributed by atoms with E-state index < -0.39 is 0 Å². The number of likely N-dealkylation sites (tertiary alicyclic amines) is 1. The van der Waals surface area contributed by atoms with Gasteiger partial charge in [0.1, 0.15) is 6.10 Å². The Kier molecular flexibility index (Phi) is 3.84. The molecule has 4 heterocycles. The standard InChI is InChI=1S/C16H22N2O3S/c19-15(18-5-3-16(10-18)4-7-20-11-16)17-9-13-12-2-8-22-14(12)1-6-21-13/h2,8,13H,1,3-7,9-11H2,(H,17,19)/t13-,16-/m0/s1. The van der Waals surface area contributed by atoms with Crippen molar-refractivity contribution in [2.45, 2.75) is 25.4 Å². The Bertz CT molecular complexity index is 553. The van der Waals surface area contributed by atoms with Crippen LogP contribution in [0.25, 0.3) is 0 Å². The molecule has 0 unspecified atom stereocenters. The zero-order valence-corrected chi connectivity index (χ0v) is 13.5. The molecule has 2 fully saturated rings. The second-order valence-corrected chi connectivity index (χ2v) is 7.57. The summed E-state index contributed by atoms with van der Waals surface area (Å²) in [4.78, 5) is 15.7. The highest BCUT2D eigenvalue weighted by atomic mass is 32.1. The number of fused-ring (bicyclic) bond motifs is 1. The van der Waals surface area contributed by atoms with E-state index in [-0.39, 0.29) is 17.6 Å². The number of carbonyl (C=O) groups excluding carboxylic acids is 1. The molecule has 120 valence electrons. The Labute approximate surface area is 134 Å². The average molecular weight is 322 g/mol. The molecule has 4 rings (SSSR count). The first-order valence-corrected chi connectivity index (χ1v) is 8.92. The Balaban J connectivity index is 1.32. The average Bonchev–Trinajstić information content (AvgIpc) is 3.26. The van der Waals surface area contributed by atoms with E-state index in [1.165, 1.54) is 10.4 Å². The molecule has 2 saturated heterocycles. The van der Waals surface area contributed by atoms with E-state index in [0.29, 0.717) is 6.54 Å². The molecule has 5 nitrogen and oxygen atoms in total. The van der Waals surface area contributed by atoms with Crippen LogP contribution in [-0.4, -0.2) is 50.4 Å². The summed E-state index contributed by atoms with van der Waals surface area (Å²) in [5, 5.41) is 5.17. The van der Waals surface area contributed by atoms with Gasteiger partial charge in [0.15, 0.2) is 0 Å². The van der Waals surface area contributed by atoms with Crippen LogP contribution in [0.5, 0.6) is 0 Å². The van der Waals surface area contributed by atoms with Crippen molar-refractivity contribution in [1.29, 1.82) is 0 Å². The molecule has 1 N–H and O–H groups in total. The lowest BCUT2D eigenvalue weighted by molar-refractivity contribution is 0.0445. The first kappa shape index (κ1) is 14.5. The van der Waals surface area contributed by atoms with Gasteiger partial charge in [-0.25, -0.2) is 4.79 Å². The van der Waals surface area contributed by atoms with Crippen molar-refractivity contribution in [2.24, 2.45) is 5.41 Å². The topological polar surface area (TPSA) is 50.8 Å². The van der Waals surface area contributed by atoms with Gasteiger partial charge in [0.25, 0.3) is 0 Å². The molecule has 2 atom stereocenters. The van der Waals surface area contributed by atoms with Crippen LogP contribution in [0.4, 0.5) is 4.79 Å². The molecular weight excluding hydrogens is 300 g/mol. The molecule has 0 saturated carbocycles. The van der Waals surface area contributed by atoms with Gasteiger partial charge in [-0.3, -0.25) is 0 Å². The second kappa shape index (κ2) is 5.83. The summed E-state index contributed by atoms with van der Waals surface area (Å²) in [5.41, 5.74) is 1.47. The number of nitrogens with one attached hydrogen (secondary N) is 1. The van der Waals surface area contributed by atoms with Crippen molar-refractivity contribution in [1.82, 2.24) is 10.2 Å². The van der Waals surface area contributed by atoms with Gasteiger partial charge in [-0.1, -0.05) is 0 Å². The molecule has 0 radical (unpaired) electrons. The molecule has 6 heteroatoms. The molecule has 3 aliphatic rings. The van der Waals surface area contributed by atoms with E-state index in [9.17, 15) is 4.79 Å². The van der Waals surface area contributed by atoms with Crippen LogP contribution < -0.4 is 5.32 Å². The van der Waals surface area contributed by atoms with E-state index in [1.54, 1.807) is 11.3 Å². The second-order valence-electron chi connectivity index (χ2n) is 6.57. The zero-order valence-electron chi connectivity index (χ0n) is 12.7. The fraction of sp³-hybridized carbons (Fsp3) is 0.688. The normalized spacial score (nSPS) is 30.7. The largest absolute Gasteiger partial charge is 0.381 e. The lowest BCUT2D eigenvalue weighted by atomic mass is 9.87. The van der Waals surface area contributed by atoms with Crippen LogP contribution in [0.3, 0.4) is 0 Å². The fourth-order valence-corrected chi connectivity index (χ4v) is 4.68. The number of thiophene rings is 1. The first-order chi connectivity index (χ1) is 10.8. The van der Waals surface area contributed by atoms with Crippen LogP contribution in [0.1, 0.15) is 29.4 Å². The molecule has 1 aromatic heterocycles. The number of carbonyl (C=O) groups is 1. The Hall–Kier alpha value is -1.11. The highest BCUT2D eigenvalue weighted by Gasteiger charge is 2.42. The van der Waals surface area contributed by atoms with E-state index in [1.807, 2.05) is 4.90 Å². The lowest BCUT2D eigenvalue weighted by Gasteiger charge is -2.26.